The molecule has 1 aliphatic heterocycles. The Morgan fingerprint density at radius 2 is 1.88 bits per heavy atom. The van der Waals surface area contributed by atoms with E-state index in [1.807, 2.05) is 36.4 Å². The maximum Gasteiger partial charge on any atom is 0.243 e. The van der Waals surface area contributed by atoms with Crippen LogP contribution in [0.25, 0.3) is 0 Å². The first-order valence-electron chi connectivity index (χ1n) is 7.82. The van der Waals surface area contributed by atoms with E-state index in [2.05, 4.69) is 10.6 Å². The van der Waals surface area contributed by atoms with E-state index in [1.165, 1.54) is 0 Å². The standard InChI is InChI=1S/C18H18ClN3O2/c19-15-4-1-2-5-16(15)21-17(23)12-20-13-7-9-14(10-8-13)22-11-3-6-18(22)24/h1-2,4-5,7-10,20H,3,6,11-12H2,(H,21,23). The second-order valence-electron chi connectivity index (χ2n) is 5.58. The molecule has 1 heterocycles. The molecule has 1 fully saturated rings. The Kier molecular flexibility index (Phi) is 5.01. The van der Waals surface area contributed by atoms with Gasteiger partial charge in [-0.3, -0.25) is 9.59 Å². The Morgan fingerprint density at radius 3 is 2.54 bits per heavy atom. The number of carbonyl (C=O) groups excluding carboxylic acids is 2. The summed E-state index contributed by atoms with van der Waals surface area (Å²) in [6.45, 7) is 0.902. The Bertz CT molecular complexity index is 746. The number of amides is 2. The van der Waals surface area contributed by atoms with Gasteiger partial charge in [0.2, 0.25) is 11.8 Å². The Balaban J connectivity index is 1.54. The summed E-state index contributed by atoms with van der Waals surface area (Å²) >= 11 is 6.01. The lowest BCUT2D eigenvalue weighted by Crippen LogP contribution is -2.24. The van der Waals surface area contributed by atoms with Gasteiger partial charge in [0.25, 0.3) is 0 Å². The number of para-hydroxylation sites is 1. The number of nitrogens with one attached hydrogen (secondary N) is 2. The lowest BCUT2D eigenvalue weighted by molar-refractivity contribution is -0.117. The van der Waals surface area contributed by atoms with E-state index in [4.69, 9.17) is 11.6 Å². The van der Waals surface area contributed by atoms with Crippen molar-refractivity contribution in [1.29, 1.82) is 0 Å². The predicted molar refractivity (Wildman–Crippen MR) is 96.6 cm³/mol. The van der Waals surface area contributed by atoms with E-state index in [9.17, 15) is 9.59 Å². The fourth-order valence-electron chi connectivity index (χ4n) is 2.62. The largest absolute Gasteiger partial charge is 0.376 e. The van der Waals surface area contributed by atoms with Gasteiger partial charge in [0.15, 0.2) is 0 Å². The van der Waals surface area contributed by atoms with Crippen molar-refractivity contribution in [1.82, 2.24) is 0 Å². The van der Waals surface area contributed by atoms with E-state index < -0.39 is 0 Å². The van der Waals surface area contributed by atoms with Crippen LogP contribution in [0.4, 0.5) is 17.1 Å². The molecule has 5 nitrogen and oxygen atoms in total. The molecule has 1 saturated heterocycles. The molecular weight excluding hydrogens is 326 g/mol. The van der Waals surface area contributed by atoms with Gasteiger partial charge in [-0.25, -0.2) is 0 Å². The molecular formula is C18H18ClN3O2. The molecule has 0 saturated carbocycles. The highest BCUT2D eigenvalue weighted by Crippen LogP contribution is 2.23. The number of carbonyl (C=O) groups is 2. The molecule has 0 spiro atoms. The molecule has 2 amide bonds. The first-order chi connectivity index (χ1) is 11.6. The van der Waals surface area contributed by atoms with Crippen LogP contribution in [0.15, 0.2) is 48.5 Å². The molecule has 1 aliphatic rings. The maximum atomic E-state index is 12.0. The number of benzene rings is 2. The Labute approximate surface area is 145 Å². The van der Waals surface area contributed by atoms with Gasteiger partial charge in [-0.15, -0.1) is 0 Å². The zero-order chi connectivity index (χ0) is 16.9. The number of anilines is 3. The van der Waals surface area contributed by atoms with E-state index in [1.54, 1.807) is 17.0 Å². The van der Waals surface area contributed by atoms with Crippen molar-refractivity contribution in [3.05, 3.63) is 53.6 Å². The Morgan fingerprint density at radius 1 is 1.12 bits per heavy atom. The zero-order valence-electron chi connectivity index (χ0n) is 13.1. The topological polar surface area (TPSA) is 61.4 Å². The molecule has 0 aliphatic carbocycles. The summed E-state index contributed by atoms with van der Waals surface area (Å²) in [4.78, 5) is 25.5. The molecule has 0 atom stereocenters. The first kappa shape index (κ1) is 16.3. The smallest absolute Gasteiger partial charge is 0.243 e. The van der Waals surface area contributed by atoms with Crippen molar-refractivity contribution in [2.24, 2.45) is 0 Å². The SMILES string of the molecule is O=C(CNc1ccc(N2CCCC2=O)cc1)Nc1ccccc1Cl. The van der Waals surface area contributed by atoms with Crippen molar-refractivity contribution in [2.75, 3.05) is 28.6 Å². The highest BCUT2D eigenvalue weighted by Gasteiger charge is 2.21. The molecule has 0 bridgehead atoms. The van der Waals surface area contributed by atoms with Gasteiger partial charge in [-0.1, -0.05) is 23.7 Å². The van der Waals surface area contributed by atoms with Crippen molar-refractivity contribution in [3.63, 3.8) is 0 Å². The van der Waals surface area contributed by atoms with Crippen LogP contribution < -0.4 is 15.5 Å². The van der Waals surface area contributed by atoms with E-state index in [0.717, 1.165) is 24.3 Å². The summed E-state index contributed by atoms with van der Waals surface area (Å²) in [5.74, 6) is -0.0169. The number of rotatable bonds is 5. The molecule has 124 valence electrons. The maximum absolute atomic E-state index is 12.0. The third-order valence-corrected chi connectivity index (χ3v) is 4.18. The summed E-state index contributed by atoms with van der Waals surface area (Å²) in [7, 11) is 0. The number of hydrogen-bond donors (Lipinski definition) is 2. The minimum atomic E-state index is -0.179. The molecule has 24 heavy (non-hydrogen) atoms. The molecule has 2 aromatic carbocycles. The molecule has 2 aromatic rings. The minimum absolute atomic E-state index is 0.132. The van der Waals surface area contributed by atoms with Crippen LogP contribution in [-0.2, 0) is 9.59 Å². The second kappa shape index (κ2) is 7.36. The number of halogens is 1. The van der Waals surface area contributed by atoms with Gasteiger partial charge in [-0.05, 0) is 42.8 Å². The van der Waals surface area contributed by atoms with Crippen LogP contribution in [-0.4, -0.2) is 24.9 Å². The van der Waals surface area contributed by atoms with E-state index in [-0.39, 0.29) is 18.4 Å². The van der Waals surface area contributed by atoms with E-state index >= 15 is 0 Å². The fourth-order valence-corrected chi connectivity index (χ4v) is 2.80. The lowest BCUT2D eigenvalue weighted by Gasteiger charge is -2.16. The average Bonchev–Trinajstić information content (AvgIpc) is 3.02. The van der Waals surface area contributed by atoms with Gasteiger partial charge in [0.05, 0.1) is 17.3 Å². The minimum Gasteiger partial charge on any atom is -0.376 e. The quantitative estimate of drug-likeness (QED) is 0.873. The molecule has 0 radical (unpaired) electrons. The zero-order valence-corrected chi connectivity index (χ0v) is 13.8. The molecule has 0 aromatic heterocycles. The lowest BCUT2D eigenvalue weighted by atomic mass is 10.2. The second-order valence-corrected chi connectivity index (χ2v) is 5.98. The summed E-state index contributed by atoms with van der Waals surface area (Å²) in [6.07, 6.45) is 1.52. The van der Waals surface area contributed by atoms with Crippen molar-refractivity contribution < 1.29 is 9.59 Å². The van der Waals surface area contributed by atoms with Gasteiger partial charge in [-0.2, -0.15) is 0 Å². The van der Waals surface area contributed by atoms with Crippen LogP contribution in [0.1, 0.15) is 12.8 Å². The van der Waals surface area contributed by atoms with Gasteiger partial charge in [0, 0.05) is 24.3 Å². The van der Waals surface area contributed by atoms with E-state index in [0.29, 0.717) is 17.1 Å². The van der Waals surface area contributed by atoms with Crippen LogP contribution in [0, 0.1) is 0 Å². The summed E-state index contributed by atoms with van der Waals surface area (Å²) in [5.41, 5.74) is 2.30. The predicted octanol–water partition coefficient (Wildman–Crippen LogP) is 3.52. The van der Waals surface area contributed by atoms with Crippen LogP contribution in [0.5, 0.6) is 0 Å². The van der Waals surface area contributed by atoms with Crippen LogP contribution in [0.3, 0.4) is 0 Å². The Hall–Kier alpha value is -2.53. The third-order valence-electron chi connectivity index (χ3n) is 3.85. The molecule has 0 unspecified atom stereocenters. The van der Waals surface area contributed by atoms with Crippen LogP contribution in [0.2, 0.25) is 5.02 Å². The summed E-state index contributed by atoms with van der Waals surface area (Å²) < 4.78 is 0. The van der Waals surface area contributed by atoms with Gasteiger partial charge < -0.3 is 15.5 Å². The first-order valence-corrected chi connectivity index (χ1v) is 8.20. The normalized spacial score (nSPS) is 13.9. The monoisotopic (exact) mass is 343 g/mol. The van der Waals surface area contributed by atoms with Crippen LogP contribution >= 0.6 is 11.6 Å². The van der Waals surface area contributed by atoms with Crippen molar-refractivity contribution >= 4 is 40.5 Å². The molecule has 3 rings (SSSR count). The summed E-state index contributed by atoms with van der Waals surface area (Å²) in [6, 6.07) is 14.6. The van der Waals surface area contributed by atoms with Gasteiger partial charge in [0.1, 0.15) is 0 Å². The molecule has 2 N–H and O–H groups in total. The number of hydrogen-bond acceptors (Lipinski definition) is 3. The highest BCUT2D eigenvalue weighted by molar-refractivity contribution is 6.33. The van der Waals surface area contributed by atoms with Crippen molar-refractivity contribution in [2.45, 2.75) is 12.8 Å². The van der Waals surface area contributed by atoms with Gasteiger partial charge >= 0.3 is 0 Å². The molecule has 6 heteroatoms. The number of nitrogens with zero attached hydrogens (tertiary/aromatic N) is 1. The summed E-state index contributed by atoms with van der Waals surface area (Å²) in [5, 5.41) is 6.32. The average molecular weight is 344 g/mol. The highest BCUT2D eigenvalue weighted by atomic mass is 35.5. The van der Waals surface area contributed by atoms with Crippen molar-refractivity contribution in [3.8, 4) is 0 Å². The third kappa shape index (κ3) is 3.86. The fraction of sp³-hybridized carbons (Fsp3) is 0.222.